The van der Waals surface area contributed by atoms with E-state index in [-0.39, 0.29) is 24.1 Å². The number of thiazole rings is 1. The number of aromatic nitrogens is 3. The molecule has 182 valence electrons. The predicted octanol–water partition coefficient (Wildman–Crippen LogP) is 6.44. The number of hydrogen-bond acceptors (Lipinski definition) is 7. The zero-order valence-electron chi connectivity index (χ0n) is 20.7. The number of nitrogens with zero attached hydrogens (tertiary/aromatic N) is 3. The van der Waals surface area contributed by atoms with Gasteiger partial charge in [0.2, 0.25) is 5.95 Å². The molecule has 7 heteroatoms. The molecule has 4 aromatic rings. The predicted molar refractivity (Wildman–Crippen MR) is 145 cm³/mol. The molecule has 0 aliphatic heterocycles. The normalized spacial score (nSPS) is 22.9. The van der Waals surface area contributed by atoms with Gasteiger partial charge in [0.05, 0.1) is 27.5 Å². The number of benzene rings is 2. The minimum Gasteiger partial charge on any atom is -0.396 e. The van der Waals surface area contributed by atoms with Gasteiger partial charge in [-0.25, -0.2) is 9.97 Å². The Bertz CT molecular complexity index is 1290. The zero-order chi connectivity index (χ0) is 24.6. The van der Waals surface area contributed by atoms with Crippen LogP contribution in [0.1, 0.15) is 50.9 Å². The Kier molecular flexibility index (Phi) is 6.47. The topological polar surface area (TPSA) is 83.0 Å². The Morgan fingerprint density at radius 2 is 1.83 bits per heavy atom. The van der Waals surface area contributed by atoms with E-state index in [4.69, 9.17) is 15.0 Å². The first kappa shape index (κ1) is 23.7. The summed E-state index contributed by atoms with van der Waals surface area (Å²) >= 11 is 1.67. The molecule has 0 saturated heterocycles. The van der Waals surface area contributed by atoms with E-state index >= 15 is 0 Å². The zero-order valence-corrected chi connectivity index (χ0v) is 21.6. The quantitative estimate of drug-likeness (QED) is 0.278. The highest BCUT2D eigenvalue weighted by Crippen LogP contribution is 2.44. The SMILES string of the molecule is Cc1nc(NC(C)c2ccccc2)nc(NC2(C)CCC(CO)C2C)c1-c1nc2ccccc2s1. The fourth-order valence-corrected chi connectivity index (χ4v) is 6.22. The molecule has 35 heavy (non-hydrogen) atoms. The van der Waals surface area contributed by atoms with Crippen LogP contribution < -0.4 is 10.6 Å². The molecule has 4 unspecified atom stereocenters. The van der Waals surface area contributed by atoms with Gasteiger partial charge in [0.1, 0.15) is 10.8 Å². The van der Waals surface area contributed by atoms with Crippen molar-refractivity contribution in [3.05, 3.63) is 65.9 Å². The molecule has 2 aromatic heterocycles. The van der Waals surface area contributed by atoms with Crippen LogP contribution in [0.3, 0.4) is 0 Å². The lowest BCUT2D eigenvalue weighted by atomic mass is 9.86. The second-order valence-electron chi connectivity index (χ2n) is 9.93. The van der Waals surface area contributed by atoms with E-state index in [0.29, 0.717) is 11.9 Å². The number of aliphatic hydroxyl groups is 1. The second-order valence-corrected chi connectivity index (χ2v) is 11.0. The lowest BCUT2D eigenvalue weighted by molar-refractivity contribution is 0.187. The maximum atomic E-state index is 9.87. The highest BCUT2D eigenvalue weighted by molar-refractivity contribution is 7.21. The van der Waals surface area contributed by atoms with Crippen LogP contribution in [0.15, 0.2) is 54.6 Å². The highest BCUT2D eigenvalue weighted by atomic mass is 32.1. The van der Waals surface area contributed by atoms with Gasteiger partial charge in [0.15, 0.2) is 0 Å². The highest BCUT2D eigenvalue weighted by Gasteiger charge is 2.43. The molecule has 3 N–H and O–H groups in total. The van der Waals surface area contributed by atoms with Gasteiger partial charge in [0.25, 0.3) is 0 Å². The van der Waals surface area contributed by atoms with Gasteiger partial charge < -0.3 is 15.7 Å². The van der Waals surface area contributed by atoms with E-state index in [1.54, 1.807) is 11.3 Å². The molecule has 6 nitrogen and oxygen atoms in total. The fourth-order valence-electron chi connectivity index (χ4n) is 5.16. The second kappa shape index (κ2) is 9.55. The molecule has 0 spiro atoms. The van der Waals surface area contributed by atoms with Crippen molar-refractivity contribution in [3.8, 4) is 10.6 Å². The van der Waals surface area contributed by atoms with Gasteiger partial charge in [-0.2, -0.15) is 4.98 Å². The Balaban J connectivity index is 1.56. The van der Waals surface area contributed by atoms with E-state index in [2.05, 4.69) is 49.6 Å². The minimum atomic E-state index is -0.179. The van der Waals surface area contributed by atoms with Crippen LogP contribution in [0.25, 0.3) is 20.8 Å². The summed E-state index contributed by atoms with van der Waals surface area (Å²) in [5.41, 5.74) is 3.82. The van der Waals surface area contributed by atoms with Crippen LogP contribution in [0.5, 0.6) is 0 Å². The van der Waals surface area contributed by atoms with Crippen molar-refractivity contribution in [1.82, 2.24) is 15.0 Å². The largest absolute Gasteiger partial charge is 0.396 e. The van der Waals surface area contributed by atoms with Gasteiger partial charge >= 0.3 is 0 Å². The molecule has 2 heterocycles. The average molecular weight is 488 g/mol. The van der Waals surface area contributed by atoms with E-state index in [1.807, 2.05) is 43.3 Å². The van der Waals surface area contributed by atoms with E-state index in [0.717, 1.165) is 45.1 Å². The number of aryl methyl sites for hydroxylation is 1. The van der Waals surface area contributed by atoms with Gasteiger partial charge in [0, 0.05) is 12.1 Å². The third-order valence-corrected chi connectivity index (χ3v) is 8.68. The van der Waals surface area contributed by atoms with Crippen molar-refractivity contribution in [2.75, 3.05) is 17.2 Å². The van der Waals surface area contributed by atoms with E-state index in [1.165, 1.54) is 5.56 Å². The van der Waals surface area contributed by atoms with Crippen molar-refractivity contribution in [3.63, 3.8) is 0 Å². The van der Waals surface area contributed by atoms with Crippen LogP contribution in [0, 0.1) is 18.8 Å². The molecular weight excluding hydrogens is 454 g/mol. The minimum absolute atomic E-state index is 0.0662. The molecule has 0 bridgehead atoms. The molecule has 0 radical (unpaired) electrons. The molecule has 5 rings (SSSR count). The van der Waals surface area contributed by atoms with Gasteiger partial charge in [-0.3, -0.25) is 0 Å². The standard InChI is InChI=1S/C28H33N5OS/c1-17-21(16-34)14-15-28(17,4)33-25-24(26-31-22-12-8-9-13-23(22)35-26)19(3)30-27(32-25)29-18(2)20-10-6-5-7-11-20/h5-13,17-18,21,34H,14-16H2,1-4H3,(H2,29,30,32,33). The van der Waals surface area contributed by atoms with Crippen molar-refractivity contribution in [2.24, 2.45) is 11.8 Å². The number of fused-ring (bicyclic) bond motifs is 1. The van der Waals surface area contributed by atoms with Gasteiger partial charge in [-0.15, -0.1) is 11.3 Å². The van der Waals surface area contributed by atoms with Crippen LogP contribution in [0.2, 0.25) is 0 Å². The molecule has 1 fully saturated rings. The summed E-state index contributed by atoms with van der Waals surface area (Å²) in [6, 6.07) is 18.6. The van der Waals surface area contributed by atoms with Crippen molar-refractivity contribution >= 4 is 33.3 Å². The summed E-state index contributed by atoms with van der Waals surface area (Å²) in [6.07, 6.45) is 1.97. The Morgan fingerprint density at radius 1 is 1.09 bits per heavy atom. The van der Waals surface area contributed by atoms with E-state index < -0.39 is 0 Å². The molecule has 4 atom stereocenters. The summed E-state index contributed by atoms with van der Waals surface area (Å²) < 4.78 is 1.15. The number of aliphatic hydroxyl groups excluding tert-OH is 1. The van der Waals surface area contributed by atoms with Crippen molar-refractivity contribution in [2.45, 2.75) is 52.1 Å². The number of rotatable bonds is 7. The van der Waals surface area contributed by atoms with Crippen LogP contribution in [0.4, 0.5) is 11.8 Å². The Morgan fingerprint density at radius 3 is 2.54 bits per heavy atom. The molecule has 2 aromatic carbocycles. The van der Waals surface area contributed by atoms with E-state index in [9.17, 15) is 5.11 Å². The third-order valence-electron chi connectivity index (χ3n) is 7.63. The fraction of sp³-hybridized carbons (Fsp3) is 0.393. The first-order chi connectivity index (χ1) is 16.9. The van der Waals surface area contributed by atoms with Crippen LogP contribution in [-0.2, 0) is 0 Å². The number of nitrogens with one attached hydrogen (secondary N) is 2. The summed E-state index contributed by atoms with van der Waals surface area (Å²) in [5, 5.41) is 18.1. The summed E-state index contributed by atoms with van der Waals surface area (Å²) in [7, 11) is 0. The van der Waals surface area contributed by atoms with Gasteiger partial charge in [-0.1, -0.05) is 49.4 Å². The maximum absolute atomic E-state index is 9.87. The van der Waals surface area contributed by atoms with Crippen LogP contribution in [-0.4, -0.2) is 32.2 Å². The first-order valence-corrected chi connectivity index (χ1v) is 13.1. The van der Waals surface area contributed by atoms with Crippen molar-refractivity contribution in [1.29, 1.82) is 0 Å². The van der Waals surface area contributed by atoms with Gasteiger partial charge in [-0.05, 0) is 63.1 Å². The van der Waals surface area contributed by atoms with Crippen LogP contribution >= 0.6 is 11.3 Å². The lowest BCUT2D eigenvalue weighted by Crippen LogP contribution is -2.40. The number of para-hydroxylation sites is 1. The number of anilines is 2. The average Bonchev–Trinajstić information content (AvgIpc) is 3.40. The smallest absolute Gasteiger partial charge is 0.225 e. The number of hydrogen-bond donors (Lipinski definition) is 3. The first-order valence-electron chi connectivity index (χ1n) is 12.3. The Hall–Kier alpha value is -3.03. The summed E-state index contributed by atoms with van der Waals surface area (Å²) in [6.45, 7) is 8.83. The lowest BCUT2D eigenvalue weighted by Gasteiger charge is -2.34. The monoisotopic (exact) mass is 487 g/mol. The maximum Gasteiger partial charge on any atom is 0.225 e. The molecule has 1 aliphatic rings. The molecule has 0 amide bonds. The van der Waals surface area contributed by atoms with Crippen molar-refractivity contribution < 1.29 is 5.11 Å². The summed E-state index contributed by atoms with van der Waals surface area (Å²) in [5.74, 6) is 1.99. The Labute approximate surface area is 210 Å². The summed E-state index contributed by atoms with van der Waals surface area (Å²) in [4.78, 5) is 14.8. The molecule has 1 saturated carbocycles. The third kappa shape index (κ3) is 4.62. The molecular formula is C28H33N5OS. The molecule has 1 aliphatic carbocycles.